The zero-order valence-electron chi connectivity index (χ0n) is 10.7. The van der Waals surface area contributed by atoms with E-state index in [2.05, 4.69) is 16.0 Å². The predicted molar refractivity (Wildman–Crippen MR) is 65.3 cm³/mol. The summed E-state index contributed by atoms with van der Waals surface area (Å²) >= 11 is 0. The van der Waals surface area contributed by atoms with Crippen LogP contribution < -0.4 is 16.0 Å². The molecule has 3 atom stereocenters. The lowest BCUT2D eigenvalue weighted by molar-refractivity contribution is -0.144. The predicted octanol–water partition coefficient (Wildman–Crippen LogP) is -2.20. The summed E-state index contributed by atoms with van der Waals surface area (Å²) in [5.41, 5.74) is 0. The Hall–Kier alpha value is -1.67. The third-order valence-electron chi connectivity index (χ3n) is 2.86. The highest BCUT2D eigenvalue weighted by atomic mass is 16.4. The third kappa shape index (κ3) is 4.84. The van der Waals surface area contributed by atoms with Crippen LogP contribution in [0.5, 0.6) is 0 Å². The fourth-order valence-corrected chi connectivity index (χ4v) is 1.81. The molecule has 0 aliphatic carbocycles. The van der Waals surface area contributed by atoms with Gasteiger partial charge in [0.15, 0.2) is 6.04 Å². The van der Waals surface area contributed by atoms with E-state index >= 15 is 0 Å². The van der Waals surface area contributed by atoms with E-state index in [1.54, 1.807) is 0 Å². The second kappa shape index (κ2) is 7.05. The van der Waals surface area contributed by atoms with Crippen molar-refractivity contribution in [3.05, 3.63) is 0 Å². The molecule has 0 unspecified atom stereocenters. The second-order valence-corrected chi connectivity index (χ2v) is 4.49. The summed E-state index contributed by atoms with van der Waals surface area (Å²) in [4.78, 5) is 33.8. The maximum absolute atomic E-state index is 11.6. The summed E-state index contributed by atoms with van der Waals surface area (Å²) in [5.74, 6) is -2.26. The van der Waals surface area contributed by atoms with Crippen LogP contribution >= 0.6 is 0 Å². The SMILES string of the molecule is C[C@@H](O)[C@H](NC(=O)CNC(=O)[C@@H]1CCCN1)C(=O)O. The van der Waals surface area contributed by atoms with Crippen molar-refractivity contribution in [2.75, 3.05) is 13.1 Å². The Morgan fingerprint density at radius 1 is 1.42 bits per heavy atom. The molecule has 8 nitrogen and oxygen atoms in total. The molecule has 1 saturated heterocycles. The Morgan fingerprint density at radius 3 is 2.58 bits per heavy atom. The molecular formula is C11H19N3O5. The van der Waals surface area contributed by atoms with Gasteiger partial charge in [0, 0.05) is 0 Å². The van der Waals surface area contributed by atoms with Gasteiger partial charge in [-0.25, -0.2) is 4.79 Å². The van der Waals surface area contributed by atoms with Gasteiger partial charge >= 0.3 is 5.97 Å². The fourth-order valence-electron chi connectivity index (χ4n) is 1.81. The molecule has 0 aromatic rings. The van der Waals surface area contributed by atoms with Crippen LogP contribution in [0.3, 0.4) is 0 Å². The smallest absolute Gasteiger partial charge is 0.328 e. The number of hydrogen-bond acceptors (Lipinski definition) is 5. The van der Waals surface area contributed by atoms with E-state index in [-0.39, 0.29) is 18.5 Å². The van der Waals surface area contributed by atoms with Gasteiger partial charge in [-0.1, -0.05) is 0 Å². The van der Waals surface area contributed by atoms with Gasteiger partial charge in [-0.05, 0) is 26.3 Å². The number of carbonyl (C=O) groups excluding carboxylic acids is 2. The molecule has 1 heterocycles. The van der Waals surface area contributed by atoms with Gasteiger partial charge in [-0.3, -0.25) is 9.59 Å². The Balaban J connectivity index is 2.34. The van der Waals surface area contributed by atoms with Crippen LogP contribution in [0.1, 0.15) is 19.8 Å². The average Bonchev–Trinajstić information content (AvgIpc) is 2.85. The van der Waals surface area contributed by atoms with Crippen molar-refractivity contribution in [2.45, 2.75) is 38.0 Å². The Morgan fingerprint density at radius 2 is 2.11 bits per heavy atom. The van der Waals surface area contributed by atoms with Crippen molar-refractivity contribution in [3.63, 3.8) is 0 Å². The van der Waals surface area contributed by atoms with Gasteiger partial charge in [-0.2, -0.15) is 0 Å². The molecule has 0 radical (unpaired) electrons. The number of aliphatic hydroxyl groups excluding tert-OH is 1. The molecule has 0 bridgehead atoms. The zero-order chi connectivity index (χ0) is 14.4. The Labute approximate surface area is 110 Å². The third-order valence-corrected chi connectivity index (χ3v) is 2.86. The van der Waals surface area contributed by atoms with Crippen molar-refractivity contribution in [1.29, 1.82) is 0 Å². The van der Waals surface area contributed by atoms with E-state index < -0.39 is 24.0 Å². The number of carbonyl (C=O) groups is 3. The highest BCUT2D eigenvalue weighted by molar-refractivity contribution is 5.89. The normalized spacial score (nSPS) is 21.5. The number of aliphatic carboxylic acids is 1. The molecule has 1 fully saturated rings. The molecule has 2 amide bonds. The summed E-state index contributed by atoms with van der Waals surface area (Å²) in [6, 6.07) is -1.67. The van der Waals surface area contributed by atoms with Crippen LogP contribution in [0.25, 0.3) is 0 Å². The lowest BCUT2D eigenvalue weighted by Crippen LogP contribution is -2.51. The molecule has 1 aliphatic heterocycles. The number of hydrogen-bond donors (Lipinski definition) is 5. The van der Waals surface area contributed by atoms with Crippen LogP contribution in [-0.2, 0) is 14.4 Å². The van der Waals surface area contributed by atoms with Crippen LogP contribution in [0.4, 0.5) is 0 Å². The summed E-state index contributed by atoms with van der Waals surface area (Å²) in [6.07, 6.45) is 0.417. The van der Waals surface area contributed by atoms with Gasteiger partial charge < -0.3 is 26.2 Å². The lowest BCUT2D eigenvalue weighted by Gasteiger charge is -2.17. The quantitative estimate of drug-likeness (QED) is 0.374. The molecule has 0 saturated carbocycles. The first kappa shape index (κ1) is 15.4. The molecule has 5 N–H and O–H groups in total. The highest BCUT2D eigenvalue weighted by Crippen LogP contribution is 2.04. The minimum Gasteiger partial charge on any atom is -0.480 e. The second-order valence-electron chi connectivity index (χ2n) is 4.49. The topological polar surface area (TPSA) is 128 Å². The summed E-state index contributed by atoms with van der Waals surface area (Å²) < 4.78 is 0. The van der Waals surface area contributed by atoms with Crippen molar-refractivity contribution < 1.29 is 24.6 Å². The van der Waals surface area contributed by atoms with Crippen LogP contribution in [0, 0.1) is 0 Å². The van der Waals surface area contributed by atoms with Crippen molar-refractivity contribution in [2.24, 2.45) is 0 Å². The van der Waals surface area contributed by atoms with E-state index in [9.17, 15) is 19.5 Å². The van der Waals surface area contributed by atoms with Gasteiger partial charge in [0.1, 0.15) is 0 Å². The lowest BCUT2D eigenvalue weighted by atomic mass is 10.2. The summed E-state index contributed by atoms with van der Waals surface area (Å²) in [5, 5.41) is 25.5. The van der Waals surface area contributed by atoms with Crippen LogP contribution in [0.15, 0.2) is 0 Å². The molecule has 19 heavy (non-hydrogen) atoms. The van der Waals surface area contributed by atoms with E-state index in [1.807, 2.05) is 0 Å². The first-order valence-corrected chi connectivity index (χ1v) is 6.13. The number of carboxylic acid groups (broad SMARTS) is 1. The fraction of sp³-hybridized carbons (Fsp3) is 0.727. The first-order chi connectivity index (χ1) is 8.91. The Kier molecular flexibility index (Phi) is 5.71. The van der Waals surface area contributed by atoms with Crippen LogP contribution in [-0.4, -0.2) is 59.3 Å². The Bertz CT molecular complexity index is 352. The van der Waals surface area contributed by atoms with Crippen molar-refractivity contribution in [1.82, 2.24) is 16.0 Å². The van der Waals surface area contributed by atoms with Gasteiger partial charge in [0.05, 0.1) is 18.7 Å². The van der Waals surface area contributed by atoms with Crippen molar-refractivity contribution in [3.8, 4) is 0 Å². The maximum Gasteiger partial charge on any atom is 0.328 e. The van der Waals surface area contributed by atoms with E-state index in [0.29, 0.717) is 0 Å². The largest absolute Gasteiger partial charge is 0.480 e. The summed E-state index contributed by atoms with van der Waals surface area (Å²) in [7, 11) is 0. The molecular weight excluding hydrogens is 254 g/mol. The number of aliphatic hydroxyl groups is 1. The zero-order valence-corrected chi connectivity index (χ0v) is 10.7. The van der Waals surface area contributed by atoms with Crippen LogP contribution in [0.2, 0.25) is 0 Å². The molecule has 108 valence electrons. The molecule has 0 aromatic heterocycles. The first-order valence-electron chi connectivity index (χ1n) is 6.13. The van der Waals surface area contributed by atoms with Gasteiger partial charge in [-0.15, -0.1) is 0 Å². The molecule has 8 heteroatoms. The number of rotatable bonds is 6. The maximum atomic E-state index is 11.6. The number of nitrogens with one attached hydrogen (secondary N) is 3. The van der Waals surface area contributed by atoms with Gasteiger partial charge in [0.2, 0.25) is 11.8 Å². The average molecular weight is 273 g/mol. The molecule has 0 aromatic carbocycles. The minimum absolute atomic E-state index is 0.281. The van der Waals surface area contributed by atoms with E-state index in [1.165, 1.54) is 6.92 Å². The van der Waals surface area contributed by atoms with E-state index in [0.717, 1.165) is 19.4 Å². The highest BCUT2D eigenvalue weighted by Gasteiger charge is 2.26. The van der Waals surface area contributed by atoms with Crippen molar-refractivity contribution >= 4 is 17.8 Å². The standard InChI is InChI=1S/C11H19N3O5/c1-6(15)9(11(18)19)14-8(16)5-13-10(17)7-3-2-4-12-7/h6-7,9,12,15H,2-5H2,1H3,(H,13,17)(H,14,16)(H,18,19)/t6-,7+,9+/m1/s1. The monoisotopic (exact) mass is 273 g/mol. The minimum atomic E-state index is -1.38. The number of carboxylic acids is 1. The molecule has 1 aliphatic rings. The van der Waals surface area contributed by atoms with E-state index in [4.69, 9.17) is 5.11 Å². The molecule has 0 spiro atoms. The van der Waals surface area contributed by atoms with Gasteiger partial charge in [0.25, 0.3) is 0 Å². The molecule has 1 rings (SSSR count). The summed E-state index contributed by atoms with van der Waals surface area (Å²) in [6.45, 7) is 1.72. The number of amides is 2.